The highest BCUT2D eigenvalue weighted by atomic mass is 35.5. The second kappa shape index (κ2) is 2.75. The lowest BCUT2D eigenvalue weighted by Gasteiger charge is -1.90. The Bertz CT molecular complexity index is 410. The van der Waals surface area contributed by atoms with Crippen LogP contribution in [0.3, 0.4) is 0 Å². The molecule has 1 N–H and O–H groups in total. The lowest BCUT2D eigenvalue weighted by Crippen LogP contribution is -1.77. The van der Waals surface area contributed by atoms with Crippen LogP contribution in [-0.2, 0) is 5.88 Å². The summed E-state index contributed by atoms with van der Waals surface area (Å²) in [6, 6.07) is 4.43. The fraction of sp³-hybridized carbons (Fsp3) is 0.125. The van der Waals surface area contributed by atoms with E-state index in [0.29, 0.717) is 5.88 Å². The Morgan fingerprint density at radius 2 is 2.33 bits per heavy atom. The minimum absolute atomic E-state index is 0.268. The number of rotatable bonds is 1. The second-order valence-corrected chi connectivity index (χ2v) is 2.76. The number of hydrogen-bond donors (Lipinski definition) is 1. The van der Waals surface area contributed by atoms with Gasteiger partial charge in [-0.25, -0.2) is 4.39 Å². The molecular formula is C8H6ClFN2. The maximum absolute atomic E-state index is 12.7. The van der Waals surface area contributed by atoms with Crippen molar-refractivity contribution in [1.29, 1.82) is 0 Å². The predicted octanol–water partition coefficient (Wildman–Crippen LogP) is 2.44. The highest BCUT2D eigenvalue weighted by Crippen LogP contribution is 2.17. The molecule has 12 heavy (non-hydrogen) atoms. The van der Waals surface area contributed by atoms with E-state index in [2.05, 4.69) is 10.2 Å². The molecule has 0 atom stereocenters. The quantitative estimate of drug-likeness (QED) is 0.678. The molecule has 2 aromatic rings. The van der Waals surface area contributed by atoms with Gasteiger partial charge in [-0.05, 0) is 18.2 Å². The van der Waals surface area contributed by atoms with E-state index in [-0.39, 0.29) is 5.82 Å². The van der Waals surface area contributed by atoms with E-state index in [1.165, 1.54) is 12.1 Å². The van der Waals surface area contributed by atoms with Gasteiger partial charge in [0.1, 0.15) is 5.82 Å². The van der Waals surface area contributed by atoms with Gasteiger partial charge in [0.25, 0.3) is 0 Å². The van der Waals surface area contributed by atoms with Crippen molar-refractivity contribution in [2.24, 2.45) is 0 Å². The fourth-order valence-electron chi connectivity index (χ4n) is 1.14. The number of H-pyrrole nitrogens is 1. The van der Waals surface area contributed by atoms with Crippen LogP contribution in [0.4, 0.5) is 4.39 Å². The van der Waals surface area contributed by atoms with Gasteiger partial charge in [-0.2, -0.15) is 5.10 Å². The van der Waals surface area contributed by atoms with Crippen molar-refractivity contribution < 1.29 is 4.39 Å². The molecule has 4 heteroatoms. The summed E-state index contributed by atoms with van der Waals surface area (Å²) in [5.74, 6) is 0.0511. The molecule has 0 aliphatic carbocycles. The number of fused-ring (bicyclic) bond motifs is 1. The van der Waals surface area contributed by atoms with Gasteiger partial charge in [0.2, 0.25) is 0 Å². The predicted molar refractivity (Wildman–Crippen MR) is 45.6 cm³/mol. The van der Waals surface area contributed by atoms with Gasteiger partial charge in [-0.1, -0.05) is 0 Å². The van der Waals surface area contributed by atoms with Crippen LogP contribution >= 0.6 is 11.6 Å². The molecule has 0 aliphatic heterocycles. The Balaban J connectivity index is 2.75. The van der Waals surface area contributed by atoms with Crippen molar-refractivity contribution in [3.05, 3.63) is 29.7 Å². The molecule has 62 valence electrons. The van der Waals surface area contributed by atoms with E-state index < -0.39 is 0 Å². The zero-order valence-corrected chi connectivity index (χ0v) is 6.90. The van der Waals surface area contributed by atoms with E-state index in [1.54, 1.807) is 6.07 Å². The van der Waals surface area contributed by atoms with Crippen LogP contribution in [0.2, 0.25) is 0 Å². The summed E-state index contributed by atoms with van der Waals surface area (Å²) in [6.07, 6.45) is 0. The average molecular weight is 185 g/mol. The summed E-state index contributed by atoms with van der Waals surface area (Å²) in [4.78, 5) is 0. The van der Waals surface area contributed by atoms with Gasteiger partial charge in [0.05, 0.1) is 17.1 Å². The highest BCUT2D eigenvalue weighted by Gasteiger charge is 2.03. The molecule has 0 bridgehead atoms. The summed E-state index contributed by atoms with van der Waals surface area (Å²) < 4.78 is 12.7. The normalized spacial score (nSPS) is 10.8. The summed E-state index contributed by atoms with van der Waals surface area (Å²) in [5, 5.41) is 7.45. The molecule has 1 aromatic carbocycles. The molecule has 0 radical (unpaired) electrons. The number of benzene rings is 1. The molecule has 0 saturated heterocycles. The van der Waals surface area contributed by atoms with Gasteiger partial charge in [0, 0.05) is 5.39 Å². The molecule has 0 unspecified atom stereocenters. The Hall–Kier alpha value is -1.09. The van der Waals surface area contributed by atoms with Gasteiger partial charge in [-0.3, -0.25) is 5.10 Å². The van der Waals surface area contributed by atoms with E-state index in [4.69, 9.17) is 11.6 Å². The van der Waals surface area contributed by atoms with Crippen molar-refractivity contribution in [2.75, 3.05) is 0 Å². The number of nitrogens with zero attached hydrogens (tertiary/aromatic N) is 1. The molecule has 2 rings (SSSR count). The van der Waals surface area contributed by atoms with Crippen LogP contribution in [0.15, 0.2) is 18.2 Å². The Kier molecular flexibility index (Phi) is 1.73. The number of aromatic nitrogens is 2. The Morgan fingerprint density at radius 3 is 3.08 bits per heavy atom. The summed E-state index contributed by atoms with van der Waals surface area (Å²) >= 11 is 5.61. The standard InChI is InChI=1S/C8H6ClFN2/c9-4-8-6-3-5(10)1-2-7(6)11-12-8/h1-3H,4H2,(H,11,12). The zero-order valence-electron chi connectivity index (χ0n) is 6.14. The first-order chi connectivity index (χ1) is 5.81. The minimum atomic E-state index is -0.268. The van der Waals surface area contributed by atoms with Gasteiger partial charge in [0.15, 0.2) is 0 Å². The van der Waals surface area contributed by atoms with Crippen LogP contribution < -0.4 is 0 Å². The number of aromatic amines is 1. The van der Waals surface area contributed by atoms with Crippen LogP contribution in [0.1, 0.15) is 5.69 Å². The smallest absolute Gasteiger partial charge is 0.124 e. The topological polar surface area (TPSA) is 28.7 Å². The van der Waals surface area contributed by atoms with E-state index in [9.17, 15) is 4.39 Å². The number of hydrogen-bond acceptors (Lipinski definition) is 1. The van der Waals surface area contributed by atoms with Crippen molar-refractivity contribution in [1.82, 2.24) is 10.2 Å². The minimum Gasteiger partial charge on any atom is -0.280 e. The van der Waals surface area contributed by atoms with Crippen LogP contribution in [0, 0.1) is 5.82 Å². The molecule has 0 spiro atoms. The van der Waals surface area contributed by atoms with Crippen LogP contribution in [-0.4, -0.2) is 10.2 Å². The zero-order chi connectivity index (χ0) is 8.55. The summed E-state index contributed by atoms with van der Waals surface area (Å²) in [6.45, 7) is 0. The highest BCUT2D eigenvalue weighted by molar-refractivity contribution is 6.17. The van der Waals surface area contributed by atoms with E-state index >= 15 is 0 Å². The van der Waals surface area contributed by atoms with Crippen molar-refractivity contribution in [2.45, 2.75) is 5.88 Å². The van der Waals surface area contributed by atoms with Crippen molar-refractivity contribution in [3.8, 4) is 0 Å². The number of alkyl halides is 1. The first-order valence-electron chi connectivity index (χ1n) is 3.50. The third-order valence-corrected chi connectivity index (χ3v) is 2.00. The third-order valence-electron chi connectivity index (χ3n) is 1.73. The van der Waals surface area contributed by atoms with Gasteiger partial charge in [-0.15, -0.1) is 11.6 Å². The van der Waals surface area contributed by atoms with Gasteiger partial charge < -0.3 is 0 Å². The first kappa shape index (κ1) is 7.55. The lowest BCUT2D eigenvalue weighted by atomic mass is 10.2. The molecule has 0 amide bonds. The van der Waals surface area contributed by atoms with E-state index in [0.717, 1.165) is 16.6 Å². The van der Waals surface area contributed by atoms with Gasteiger partial charge >= 0.3 is 0 Å². The van der Waals surface area contributed by atoms with Crippen molar-refractivity contribution in [3.63, 3.8) is 0 Å². The molecule has 1 heterocycles. The lowest BCUT2D eigenvalue weighted by molar-refractivity contribution is 0.629. The molecular weight excluding hydrogens is 179 g/mol. The fourth-order valence-corrected chi connectivity index (χ4v) is 1.34. The average Bonchev–Trinajstić information content (AvgIpc) is 2.46. The summed E-state index contributed by atoms with van der Waals surface area (Å²) in [5.41, 5.74) is 1.50. The third kappa shape index (κ3) is 1.06. The Morgan fingerprint density at radius 1 is 1.50 bits per heavy atom. The second-order valence-electron chi connectivity index (χ2n) is 2.50. The maximum Gasteiger partial charge on any atom is 0.124 e. The molecule has 1 aromatic heterocycles. The van der Waals surface area contributed by atoms with Crippen LogP contribution in [0.25, 0.3) is 10.9 Å². The monoisotopic (exact) mass is 184 g/mol. The molecule has 0 saturated carbocycles. The summed E-state index contributed by atoms with van der Waals surface area (Å²) in [7, 11) is 0. The first-order valence-corrected chi connectivity index (χ1v) is 4.03. The van der Waals surface area contributed by atoms with Crippen LogP contribution in [0.5, 0.6) is 0 Å². The molecule has 0 fully saturated rings. The number of halogens is 2. The Labute approximate surface area is 73.3 Å². The number of nitrogens with one attached hydrogen (secondary N) is 1. The molecule has 2 nitrogen and oxygen atoms in total. The maximum atomic E-state index is 12.7. The SMILES string of the molecule is Fc1ccc2n[nH]c(CCl)c2c1. The molecule has 0 aliphatic rings. The largest absolute Gasteiger partial charge is 0.280 e. The van der Waals surface area contributed by atoms with E-state index in [1.807, 2.05) is 0 Å². The van der Waals surface area contributed by atoms with Crippen molar-refractivity contribution >= 4 is 22.5 Å².